The van der Waals surface area contributed by atoms with Crippen LogP contribution in [0, 0.1) is 0 Å². The van der Waals surface area contributed by atoms with Crippen LogP contribution in [-0.4, -0.2) is 16.5 Å². The highest BCUT2D eigenvalue weighted by molar-refractivity contribution is 5.43. The quantitative estimate of drug-likeness (QED) is 0.878. The first-order chi connectivity index (χ1) is 9.93. The Morgan fingerprint density at radius 2 is 1.81 bits per heavy atom. The van der Waals surface area contributed by atoms with Crippen LogP contribution in [0.5, 0.6) is 0 Å². The van der Waals surface area contributed by atoms with Crippen LogP contribution in [0.25, 0.3) is 0 Å². The molecule has 1 aliphatic rings. The molecule has 0 amide bonds. The minimum Gasteiger partial charge on any atom is -0.396 e. The molecule has 2 heterocycles. The van der Waals surface area contributed by atoms with E-state index in [-0.39, 0.29) is 0 Å². The maximum absolute atomic E-state index is 12.7. The average molecular weight is 294 g/mol. The van der Waals surface area contributed by atoms with Gasteiger partial charge in [-0.25, -0.2) is 9.97 Å². The Hall–Kier alpha value is -2.31. The fourth-order valence-electron chi connectivity index (χ4n) is 2.39. The molecule has 1 aromatic heterocycles. The van der Waals surface area contributed by atoms with Crippen molar-refractivity contribution in [2.24, 2.45) is 0 Å². The molecular weight excluding hydrogens is 281 g/mol. The van der Waals surface area contributed by atoms with E-state index in [0.29, 0.717) is 31.1 Å². The van der Waals surface area contributed by atoms with Gasteiger partial charge in [-0.3, -0.25) is 0 Å². The van der Waals surface area contributed by atoms with Gasteiger partial charge in [-0.1, -0.05) is 6.07 Å². The summed E-state index contributed by atoms with van der Waals surface area (Å²) in [5.74, 6) is 0.537. The van der Waals surface area contributed by atoms with Crippen LogP contribution in [0.1, 0.15) is 16.7 Å². The molecule has 0 fully saturated rings. The summed E-state index contributed by atoms with van der Waals surface area (Å²) in [4.78, 5) is 10.2. The van der Waals surface area contributed by atoms with Gasteiger partial charge in [-0.2, -0.15) is 13.2 Å². The van der Waals surface area contributed by atoms with Gasteiger partial charge in [0, 0.05) is 13.1 Å². The van der Waals surface area contributed by atoms with Gasteiger partial charge in [0.15, 0.2) is 0 Å². The number of benzene rings is 1. The van der Waals surface area contributed by atoms with Crippen LogP contribution < -0.4 is 10.6 Å². The Bertz CT molecular complexity index is 652. The SMILES string of the molecule is Nc1cnc(N2CCc3cc(C(F)(F)F)ccc3C2)nc1. The summed E-state index contributed by atoms with van der Waals surface area (Å²) in [7, 11) is 0. The largest absolute Gasteiger partial charge is 0.416 e. The van der Waals surface area contributed by atoms with E-state index in [2.05, 4.69) is 9.97 Å². The maximum Gasteiger partial charge on any atom is 0.416 e. The number of hydrogen-bond acceptors (Lipinski definition) is 4. The van der Waals surface area contributed by atoms with E-state index in [0.717, 1.165) is 17.2 Å². The fraction of sp³-hybridized carbons (Fsp3) is 0.286. The van der Waals surface area contributed by atoms with Crippen molar-refractivity contribution in [2.45, 2.75) is 19.1 Å². The number of rotatable bonds is 1. The number of halogens is 3. The molecule has 0 saturated heterocycles. The molecule has 4 nitrogen and oxygen atoms in total. The topological polar surface area (TPSA) is 55.0 Å². The van der Waals surface area contributed by atoms with Gasteiger partial charge in [0.2, 0.25) is 5.95 Å². The number of nitrogen functional groups attached to an aromatic ring is 1. The average Bonchev–Trinajstić information content (AvgIpc) is 2.46. The third-order valence-corrected chi connectivity index (χ3v) is 3.49. The molecule has 2 N–H and O–H groups in total. The zero-order valence-corrected chi connectivity index (χ0v) is 11.1. The number of alkyl halides is 3. The second-order valence-corrected chi connectivity index (χ2v) is 4.97. The lowest BCUT2D eigenvalue weighted by Gasteiger charge is -2.29. The third kappa shape index (κ3) is 2.76. The molecular formula is C14H13F3N4. The first kappa shape index (κ1) is 13.7. The van der Waals surface area contributed by atoms with Crippen LogP contribution in [-0.2, 0) is 19.1 Å². The van der Waals surface area contributed by atoms with Crippen molar-refractivity contribution in [3.63, 3.8) is 0 Å². The van der Waals surface area contributed by atoms with Gasteiger partial charge in [-0.05, 0) is 29.7 Å². The maximum atomic E-state index is 12.7. The fourth-order valence-corrected chi connectivity index (χ4v) is 2.39. The highest BCUT2D eigenvalue weighted by Crippen LogP contribution is 2.32. The Morgan fingerprint density at radius 1 is 1.10 bits per heavy atom. The molecule has 1 aliphatic heterocycles. The van der Waals surface area contributed by atoms with Gasteiger partial charge in [0.25, 0.3) is 0 Å². The second-order valence-electron chi connectivity index (χ2n) is 4.97. The van der Waals surface area contributed by atoms with E-state index in [9.17, 15) is 13.2 Å². The smallest absolute Gasteiger partial charge is 0.396 e. The molecule has 0 aliphatic carbocycles. The van der Waals surface area contributed by atoms with Crippen molar-refractivity contribution in [3.8, 4) is 0 Å². The molecule has 0 radical (unpaired) electrons. The second kappa shape index (κ2) is 4.91. The number of fused-ring (bicyclic) bond motifs is 1. The molecule has 0 saturated carbocycles. The normalized spacial score (nSPS) is 14.9. The van der Waals surface area contributed by atoms with Crippen molar-refractivity contribution in [3.05, 3.63) is 47.3 Å². The minimum absolute atomic E-state index is 0.478. The summed E-state index contributed by atoms with van der Waals surface area (Å²) in [5, 5.41) is 0. The predicted octanol–water partition coefficient (Wildman–Crippen LogP) is 2.64. The Balaban J connectivity index is 1.85. The molecule has 0 unspecified atom stereocenters. The van der Waals surface area contributed by atoms with Crippen LogP contribution >= 0.6 is 0 Å². The molecule has 7 heteroatoms. The van der Waals surface area contributed by atoms with Crippen molar-refractivity contribution in [2.75, 3.05) is 17.2 Å². The Kier molecular flexibility index (Phi) is 3.19. The van der Waals surface area contributed by atoms with Gasteiger partial charge in [0.1, 0.15) is 0 Å². The number of aromatic nitrogens is 2. The first-order valence-corrected chi connectivity index (χ1v) is 6.45. The van der Waals surface area contributed by atoms with Crippen molar-refractivity contribution in [1.29, 1.82) is 0 Å². The van der Waals surface area contributed by atoms with Gasteiger partial charge in [0.05, 0.1) is 23.6 Å². The molecule has 2 aromatic rings. The van der Waals surface area contributed by atoms with Gasteiger partial charge < -0.3 is 10.6 Å². The number of nitrogens with two attached hydrogens (primary N) is 1. The zero-order chi connectivity index (χ0) is 15.0. The molecule has 1 aromatic carbocycles. The van der Waals surface area contributed by atoms with Crippen LogP contribution in [0.3, 0.4) is 0 Å². The molecule has 0 spiro atoms. The summed E-state index contributed by atoms with van der Waals surface area (Å²) in [5.41, 5.74) is 7.02. The van der Waals surface area contributed by atoms with Crippen molar-refractivity contribution >= 4 is 11.6 Å². The van der Waals surface area contributed by atoms with Gasteiger partial charge in [-0.15, -0.1) is 0 Å². The van der Waals surface area contributed by atoms with E-state index >= 15 is 0 Å². The predicted molar refractivity (Wildman–Crippen MR) is 72.6 cm³/mol. The summed E-state index contributed by atoms with van der Waals surface area (Å²) < 4.78 is 38.1. The molecule has 3 rings (SSSR count). The molecule has 110 valence electrons. The van der Waals surface area contributed by atoms with Crippen LogP contribution in [0.15, 0.2) is 30.6 Å². The van der Waals surface area contributed by atoms with E-state index in [1.54, 1.807) is 0 Å². The Morgan fingerprint density at radius 3 is 2.48 bits per heavy atom. The summed E-state index contributed by atoms with van der Waals surface area (Å²) in [6.45, 7) is 1.08. The lowest BCUT2D eigenvalue weighted by atomic mass is 9.97. The van der Waals surface area contributed by atoms with Crippen LogP contribution in [0.4, 0.5) is 24.8 Å². The van der Waals surface area contributed by atoms with E-state index in [4.69, 9.17) is 5.73 Å². The highest BCUT2D eigenvalue weighted by Gasteiger charge is 2.31. The minimum atomic E-state index is -4.30. The number of anilines is 2. The molecule has 0 atom stereocenters. The van der Waals surface area contributed by atoms with E-state index < -0.39 is 11.7 Å². The summed E-state index contributed by atoms with van der Waals surface area (Å²) in [6, 6.07) is 3.88. The standard InChI is InChI=1S/C14H13F3N4/c15-14(16,17)11-2-1-10-8-21(4-3-9(10)5-11)13-19-6-12(18)7-20-13/h1-2,5-7H,3-4,8,18H2. The van der Waals surface area contributed by atoms with Crippen LogP contribution in [0.2, 0.25) is 0 Å². The lowest BCUT2D eigenvalue weighted by Crippen LogP contribution is -2.32. The molecule has 21 heavy (non-hydrogen) atoms. The highest BCUT2D eigenvalue weighted by atomic mass is 19.4. The number of nitrogens with zero attached hydrogens (tertiary/aromatic N) is 3. The van der Waals surface area contributed by atoms with Gasteiger partial charge >= 0.3 is 6.18 Å². The van der Waals surface area contributed by atoms with E-state index in [1.165, 1.54) is 24.5 Å². The van der Waals surface area contributed by atoms with E-state index in [1.807, 2.05) is 4.90 Å². The zero-order valence-electron chi connectivity index (χ0n) is 11.1. The van der Waals surface area contributed by atoms with Crippen molar-refractivity contribution in [1.82, 2.24) is 9.97 Å². The summed E-state index contributed by atoms with van der Waals surface area (Å²) >= 11 is 0. The lowest BCUT2D eigenvalue weighted by molar-refractivity contribution is -0.137. The first-order valence-electron chi connectivity index (χ1n) is 6.45. The number of hydrogen-bond donors (Lipinski definition) is 1. The molecule has 0 bridgehead atoms. The monoisotopic (exact) mass is 294 g/mol. The van der Waals surface area contributed by atoms with Crippen molar-refractivity contribution < 1.29 is 13.2 Å². The third-order valence-electron chi connectivity index (χ3n) is 3.49. The Labute approximate surface area is 119 Å². The summed E-state index contributed by atoms with van der Waals surface area (Å²) in [6.07, 6.45) is -0.728.